The molecular weight excluding hydrogens is 245 g/mol. The van der Waals surface area contributed by atoms with Crippen molar-refractivity contribution in [3.05, 3.63) is 30.1 Å². The molecule has 0 saturated carbocycles. The minimum atomic E-state index is -1.20. The first kappa shape index (κ1) is 13.5. The topological polar surface area (TPSA) is 69.2 Å². The van der Waals surface area contributed by atoms with Crippen molar-refractivity contribution in [1.29, 1.82) is 0 Å². The first-order chi connectivity index (χ1) is 7.99. The molecular formula is C11H11FNO3S-. The van der Waals surface area contributed by atoms with Crippen LogP contribution in [0.4, 0.5) is 10.1 Å². The average Bonchev–Trinajstić information content (AvgIpc) is 2.29. The Hall–Kier alpha value is -1.56. The van der Waals surface area contributed by atoms with Gasteiger partial charge in [-0.15, -0.1) is 11.8 Å². The molecule has 0 aliphatic carbocycles. The lowest BCUT2D eigenvalue weighted by Crippen LogP contribution is -2.32. The highest BCUT2D eigenvalue weighted by molar-refractivity contribution is 8.01. The second kappa shape index (κ2) is 6.24. The van der Waals surface area contributed by atoms with Gasteiger partial charge in [-0.05, 0) is 31.2 Å². The number of amides is 1. The molecule has 17 heavy (non-hydrogen) atoms. The molecule has 0 aromatic heterocycles. The van der Waals surface area contributed by atoms with Gasteiger partial charge in [0.2, 0.25) is 5.91 Å². The fourth-order valence-electron chi connectivity index (χ4n) is 0.999. The molecule has 1 aromatic rings. The molecule has 1 atom stereocenters. The van der Waals surface area contributed by atoms with Crippen LogP contribution in [0.1, 0.15) is 6.92 Å². The summed E-state index contributed by atoms with van der Waals surface area (Å²) in [5, 5.41) is 12.2. The molecule has 1 N–H and O–H groups in total. The van der Waals surface area contributed by atoms with Crippen LogP contribution in [-0.4, -0.2) is 22.9 Å². The van der Waals surface area contributed by atoms with Gasteiger partial charge in [-0.2, -0.15) is 0 Å². The summed E-state index contributed by atoms with van der Waals surface area (Å²) in [6.45, 7) is 1.45. The standard InChI is InChI=1S/C11H12FNO3S/c1-7(11(15)16)17-6-10(14)13-9-4-2-8(12)3-5-9/h2-5,7H,6H2,1H3,(H,13,14)(H,15,16)/p-1/t7-/m0/s1. The van der Waals surface area contributed by atoms with Crippen molar-refractivity contribution >= 4 is 29.3 Å². The zero-order chi connectivity index (χ0) is 12.8. The molecule has 0 heterocycles. The molecule has 4 nitrogen and oxygen atoms in total. The highest BCUT2D eigenvalue weighted by Gasteiger charge is 2.08. The van der Waals surface area contributed by atoms with Crippen LogP contribution in [0.25, 0.3) is 0 Å². The number of carboxylic acid groups (broad SMARTS) is 1. The SMILES string of the molecule is C[C@H](SCC(=O)Nc1ccc(F)cc1)C(=O)[O-]. The maximum atomic E-state index is 12.6. The van der Waals surface area contributed by atoms with Crippen molar-refractivity contribution in [3.63, 3.8) is 0 Å². The molecule has 0 radical (unpaired) electrons. The van der Waals surface area contributed by atoms with Gasteiger partial charge in [0.1, 0.15) is 5.82 Å². The van der Waals surface area contributed by atoms with E-state index in [4.69, 9.17) is 0 Å². The first-order valence-corrected chi connectivity index (χ1v) is 5.92. The van der Waals surface area contributed by atoms with Gasteiger partial charge in [-0.25, -0.2) is 4.39 Å². The maximum absolute atomic E-state index is 12.6. The zero-order valence-electron chi connectivity index (χ0n) is 9.10. The van der Waals surface area contributed by atoms with Crippen molar-refractivity contribution in [2.45, 2.75) is 12.2 Å². The van der Waals surface area contributed by atoms with E-state index in [1.54, 1.807) is 0 Å². The number of carbonyl (C=O) groups is 2. The summed E-state index contributed by atoms with van der Waals surface area (Å²) in [6.07, 6.45) is 0. The van der Waals surface area contributed by atoms with Gasteiger partial charge in [0, 0.05) is 10.9 Å². The second-order valence-corrected chi connectivity index (χ2v) is 4.66. The van der Waals surface area contributed by atoms with Crippen LogP contribution in [0, 0.1) is 5.82 Å². The van der Waals surface area contributed by atoms with E-state index in [0.29, 0.717) is 5.69 Å². The van der Waals surface area contributed by atoms with Gasteiger partial charge in [-0.3, -0.25) is 4.79 Å². The van der Waals surface area contributed by atoms with Crippen LogP contribution in [0.5, 0.6) is 0 Å². The van der Waals surface area contributed by atoms with Gasteiger partial charge in [0.25, 0.3) is 0 Å². The van der Waals surface area contributed by atoms with Crippen molar-refractivity contribution in [2.75, 3.05) is 11.1 Å². The van der Waals surface area contributed by atoms with E-state index >= 15 is 0 Å². The summed E-state index contributed by atoms with van der Waals surface area (Å²) < 4.78 is 12.6. The summed E-state index contributed by atoms with van der Waals surface area (Å²) in [5.74, 6) is -1.92. The van der Waals surface area contributed by atoms with Gasteiger partial charge >= 0.3 is 0 Å². The molecule has 6 heteroatoms. The van der Waals surface area contributed by atoms with Crippen LogP contribution < -0.4 is 10.4 Å². The number of anilines is 1. The summed E-state index contributed by atoms with van der Waals surface area (Å²) in [6, 6.07) is 5.32. The summed E-state index contributed by atoms with van der Waals surface area (Å²) in [7, 11) is 0. The quantitative estimate of drug-likeness (QED) is 0.839. The number of rotatable bonds is 5. The monoisotopic (exact) mass is 256 g/mol. The minimum absolute atomic E-state index is 0.00647. The Morgan fingerprint density at radius 1 is 1.41 bits per heavy atom. The third kappa shape index (κ3) is 4.86. The fraction of sp³-hybridized carbons (Fsp3) is 0.273. The third-order valence-electron chi connectivity index (χ3n) is 1.92. The minimum Gasteiger partial charge on any atom is -0.549 e. The number of hydrogen-bond acceptors (Lipinski definition) is 4. The fourth-order valence-corrected chi connectivity index (χ4v) is 1.61. The van der Waals surface area contributed by atoms with Crippen molar-refractivity contribution in [1.82, 2.24) is 0 Å². The van der Waals surface area contributed by atoms with Gasteiger partial charge in [0.15, 0.2) is 0 Å². The number of thioether (sulfide) groups is 1. The van der Waals surface area contributed by atoms with E-state index in [2.05, 4.69) is 5.32 Å². The first-order valence-electron chi connectivity index (χ1n) is 4.87. The van der Waals surface area contributed by atoms with E-state index in [1.807, 2.05) is 0 Å². The highest BCUT2D eigenvalue weighted by atomic mass is 32.2. The molecule has 0 aliphatic rings. The van der Waals surface area contributed by atoms with Crippen molar-refractivity contribution in [3.8, 4) is 0 Å². The van der Waals surface area contributed by atoms with E-state index in [-0.39, 0.29) is 17.5 Å². The normalized spacial score (nSPS) is 11.9. The number of nitrogens with one attached hydrogen (secondary N) is 1. The predicted octanol–water partition coefficient (Wildman–Crippen LogP) is 0.636. The van der Waals surface area contributed by atoms with Crippen LogP contribution in [-0.2, 0) is 9.59 Å². The van der Waals surface area contributed by atoms with Gasteiger partial charge in [-0.1, -0.05) is 0 Å². The second-order valence-electron chi connectivity index (χ2n) is 3.33. The van der Waals surface area contributed by atoms with Gasteiger partial charge in [0.05, 0.1) is 11.7 Å². The molecule has 0 saturated heterocycles. The van der Waals surface area contributed by atoms with E-state index in [0.717, 1.165) is 11.8 Å². The Bertz CT molecular complexity index is 408. The Balaban J connectivity index is 2.39. The van der Waals surface area contributed by atoms with Crippen LogP contribution in [0.3, 0.4) is 0 Å². The third-order valence-corrected chi connectivity index (χ3v) is 3.05. The lowest BCUT2D eigenvalue weighted by molar-refractivity contribution is -0.304. The number of aliphatic carboxylic acids is 1. The maximum Gasteiger partial charge on any atom is 0.234 e. The number of halogens is 1. The Kier molecular flexibility index (Phi) is 4.96. The molecule has 0 spiro atoms. The highest BCUT2D eigenvalue weighted by Crippen LogP contribution is 2.12. The predicted molar refractivity (Wildman–Crippen MR) is 62.0 cm³/mol. The van der Waals surface area contributed by atoms with Crippen LogP contribution >= 0.6 is 11.8 Å². The number of hydrogen-bond donors (Lipinski definition) is 1. The average molecular weight is 256 g/mol. The molecule has 0 aliphatic heterocycles. The largest absolute Gasteiger partial charge is 0.549 e. The lowest BCUT2D eigenvalue weighted by Gasteiger charge is -2.11. The lowest BCUT2D eigenvalue weighted by atomic mass is 10.3. The molecule has 1 aromatic carbocycles. The van der Waals surface area contributed by atoms with Crippen LogP contribution in [0.2, 0.25) is 0 Å². The molecule has 0 unspecified atom stereocenters. The molecule has 92 valence electrons. The number of carbonyl (C=O) groups excluding carboxylic acids is 2. The van der Waals surface area contributed by atoms with Crippen molar-refractivity contribution < 1.29 is 19.1 Å². The van der Waals surface area contributed by atoms with E-state index < -0.39 is 11.2 Å². The zero-order valence-corrected chi connectivity index (χ0v) is 9.92. The Labute approximate surface area is 102 Å². The van der Waals surface area contributed by atoms with Gasteiger partial charge < -0.3 is 15.2 Å². The van der Waals surface area contributed by atoms with E-state index in [9.17, 15) is 19.1 Å². The Morgan fingerprint density at radius 3 is 2.53 bits per heavy atom. The number of carboxylic acids is 1. The summed E-state index contributed by atoms with van der Waals surface area (Å²) in [5.41, 5.74) is 0.470. The summed E-state index contributed by atoms with van der Waals surface area (Å²) in [4.78, 5) is 21.8. The van der Waals surface area contributed by atoms with Crippen LogP contribution in [0.15, 0.2) is 24.3 Å². The smallest absolute Gasteiger partial charge is 0.234 e. The van der Waals surface area contributed by atoms with Crippen molar-refractivity contribution in [2.24, 2.45) is 0 Å². The molecule has 1 rings (SSSR count). The molecule has 0 fully saturated rings. The molecule has 0 bridgehead atoms. The Morgan fingerprint density at radius 2 is 2.00 bits per heavy atom. The van der Waals surface area contributed by atoms with E-state index in [1.165, 1.54) is 31.2 Å². The number of benzene rings is 1. The summed E-state index contributed by atoms with van der Waals surface area (Å²) >= 11 is 0.967. The molecule has 1 amide bonds.